The number of anilines is 1. The quantitative estimate of drug-likeness (QED) is 0.884. The zero-order valence-corrected chi connectivity index (χ0v) is 11.7. The van der Waals surface area contributed by atoms with Gasteiger partial charge in [-0.2, -0.15) is 0 Å². The van der Waals surface area contributed by atoms with Crippen LogP contribution in [0.2, 0.25) is 5.22 Å². The van der Waals surface area contributed by atoms with Crippen LogP contribution in [-0.2, 0) is 0 Å². The topological polar surface area (TPSA) is 59.5 Å². The number of halogens is 1. The minimum Gasteiger partial charge on any atom is -0.440 e. The van der Waals surface area contributed by atoms with Gasteiger partial charge in [-0.05, 0) is 48.0 Å². The second kappa shape index (κ2) is 5.42. The lowest BCUT2D eigenvalue weighted by atomic mass is 10.2. The van der Waals surface area contributed by atoms with Crippen molar-refractivity contribution in [3.05, 3.63) is 52.9 Å². The summed E-state index contributed by atoms with van der Waals surface area (Å²) < 4.78 is 5.08. The van der Waals surface area contributed by atoms with Crippen molar-refractivity contribution < 1.29 is 9.21 Å². The molecule has 1 aromatic carbocycles. The van der Waals surface area contributed by atoms with Gasteiger partial charge < -0.3 is 15.1 Å². The molecule has 98 valence electrons. The third kappa shape index (κ3) is 2.94. The first-order valence-corrected chi connectivity index (χ1v) is 6.21. The minimum atomic E-state index is -0.282. The number of nitrogens with zero attached hydrogens (tertiary/aromatic N) is 1. The number of hydrogen-bond acceptors (Lipinski definition) is 3. The van der Waals surface area contributed by atoms with Gasteiger partial charge in [0.15, 0.2) is 11.0 Å². The highest BCUT2D eigenvalue weighted by atomic mass is 35.5. The van der Waals surface area contributed by atoms with Crippen LogP contribution in [0.3, 0.4) is 0 Å². The van der Waals surface area contributed by atoms with Gasteiger partial charge >= 0.3 is 0 Å². The van der Waals surface area contributed by atoms with Gasteiger partial charge in [0.25, 0.3) is 5.91 Å². The Morgan fingerprint density at radius 2 is 1.89 bits per heavy atom. The van der Waals surface area contributed by atoms with E-state index in [1.807, 2.05) is 0 Å². The number of hydrogen-bond donors (Lipinski definition) is 1. The Morgan fingerprint density at radius 3 is 2.37 bits per heavy atom. The van der Waals surface area contributed by atoms with Crippen LogP contribution in [0.1, 0.15) is 16.1 Å². The molecule has 1 aromatic heterocycles. The molecule has 0 radical (unpaired) electrons. The molecule has 0 fully saturated rings. The summed E-state index contributed by atoms with van der Waals surface area (Å²) in [6, 6.07) is 10.1. The summed E-state index contributed by atoms with van der Waals surface area (Å²) in [6.45, 7) is 0. The zero-order valence-electron chi connectivity index (χ0n) is 10.1. The fourth-order valence-corrected chi connectivity index (χ4v) is 1.84. The third-order valence-corrected chi connectivity index (χ3v) is 3.07. The van der Waals surface area contributed by atoms with Crippen molar-refractivity contribution in [2.24, 2.45) is 5.73 Å². The molecular weight excluding hydrogens is 284 g/mol. The highest BCUT2D eigenvalue weighted by Crippen LogP contribution is 2.19. The molecule has 0 saturated heterocycles. The molecule has 1 amide bonds. The van der Waals surface area contributed by atoms with Crippen molar-refractivity contribution in [3.63, 3.8) is 0 Å². The Bertz CT molecular complexity index is 622. The molecule has 0 aliphatic rings. The molecule has 2 N–H and O–H groups in total. The monoisotopic (exact) mass is 294 g/mol. The normalized spacial score (nSPS) is 10.2. The van der Waals surface area contributed by atoms with Gasteiger partial charge in [0.05, 0.1) is 0 Å². The average molecular weight is 295 g/mol. The van der Waals surface area contributed by atoms with Crippen LogP contribution in [-0.4, -0.2) is 17.9 Å². The van der Waals surface area contributed by atoms with E-state index in [-0.39, 0.29) is 16.9 Å². The second-order valence-corrected chi connectivity index (χ2v) is 4.69. The number of rotatable bonds is 3. The van der Waals surface area contributed by atoms with E-state index in [1.165, 1.54) is 17.0 Å². The van der Waals surface area contributed by atoms with E-state index in [0.717, 1.165) is 5.56 Å². The lowest BCUT2D eigenvalue weighted by molar-refractivity contribution is 0.0966. The molecule has 1 heterocycles. The van der Waals surface area contributed by atoms with Crippen LogP contribution in [0, 0.1) is 0 Å². The summed E-state index contributed by atoms with van der Waals surface area (Å²) in [5.74, 6) is -0.0964. The molecule has 6 heteroatoms. The van der Waals surface area contributed by atoms with E-state index < -0.39 is 0 Å². The van der Waals surface area contributed by atoms with Crippen LogP contribution < -0.4 is 10.6 Å². The summed E-state index contributed by atoms with van der Waals surface area (Å²) >= 11 is 10.5. The zero-order chi connectivity index (χ0) is 14.0. The first kappa shape index (κ1) is 13.6. The largest absolute Gasteiger partial charge is 0.440 e. The van der Waals surface area contributed by atoms with Crippen LogP contribution in [0.4, 0.5) is 5.69 Å². The number of nitrogens with two attached hydrogens (primary N) is 1. The van der Waals surface area contributed by atoms with Gasteiger partial charge in [-0.3, -0.25) is 4.79 Å². The molecule has 4 nitrogen and oxygen atoms in total. The van der Waals surface area contributed by atoms with Crippen molar-refractivity contribution in [2.75, 3.05) is 11.9 Å². The maximum Gasteiger partial charge on any atom is 0.293 e. The highest BCUT2D eigenvalue weighted by molar-refractivity contribution is 7.80. The number of thiocarbonyl (C=S) groups is 1. The Kier molecular flexibility index (Phi) is 3.87. The highest BCUT2D eigenvalue weighted by Gasteiger charge is 2.17. The number of carbonyl (C=O) groups excluding carboxylic acids is 1. The maximum atomic E-state index is 12.1. The molecular formula is C13H11ClN2O2S. The van der Waals surface area contributed by atoms with Crippen molar-refractivity contribution in [2.45, 2.75) is 0 Å². The fourth-order valence-electron chi connectivity index (χ4n) is 1.56. The fraction of sp³-hybridized carbons (Fsp3) is 0.0769. The molecule has 0 aliphatic carbocycles. The molecule has 19 heavy (non-hydrogen) atoms. The van der Waals surface area contributed by atoms with Gasteiger partial charge in [-0.15, -0.1) is 0 Å². The van der Waals surface area contributed by atoms with Crippen LogP contribution in [0.25, 0.3) is 0 Å². The third-order valence-electron chi connectivity index (χ3n) is 2.63. The standard InChI is InChI=1S/C13H11ClN2O2S/c1-16(13(17)10-6-7-11(14)18-10)9-4-2-8(3-5-9)12(15)19/h2-7H,1H3,(H2,15,19). The molecule has 2 rings (SSSR count). The van der Waals surface area contributed by atoms with E-state index in [0.29, 0.717) is 10.7 Å². The Labute approximate surface area is 120 Å². The summed E-state index contributed by atoms with van der Waals surface area (Å²) in [5, 5.41) is 0.181. The van der Waals surface area contributed by atoms with E-state index in [1.54, 1.807) is 31.3 Å². The smallest absolute Gasteiger partial charge is 0.293 e. The van der Waals surface area contributed by atoms with E-state index in [4.69, 9.17) is 34.0 Å². The number of benzene rings is 1. The summed E-state index contributed by atoms with van der Waals surface area (Å²) in [7, 11) is 1.65. The maximum absolute atomic E-state index is 12.1. The van der Waals surface area contributed by atoms with Crippen molar-refractivity contribution in [1.29, 1.82) is 0 Å². The lowest BCUT2D eigenvalue weighted by Crippen LogP contribution is -2.25. The first-order chi connectivity index (χ1) is 8.99. The lowest BCUT2D eigenvalue weighted by Gasteiger charge is -2.16. The average Bonchev–Trinajstić information content (AvgIpc) is 2.84. The van der Waals surface area contributed by atoms with Crippen LogP contribution in [0.15, 0.2) is 40.8 Å². The predicted molar refractivity (Wildman–Crippen MR) is 78.8 cm³/mol. The van der Waals surface area contributed by atoms with Gasteiger partial charge in [-0.1, -0.05) is 12.2 Å². The minimum absolute atomic E-state index is 0.181. The van der Waals surface area contributed by atoms with Crippen molar-refractivity contribution in [1.82, 2.24) is 0 Å². The second-order valence-electron chi connectivity index (χ2n) is 3.88. The van der Waals surface area contributed by atoms with Crippen LogP contribution in [0.5, 0.6) is 0 Å². The van der Waals surface area contributed by atoms with Gasteiger partial charge in [0, 0.05) is 18.3 Å². The van der Waals surface area contributed by atoms with Crippen LogP contribution >= 0.6 is 23.8 Å². The Hall–Kier alpha value is -1.85. The van der Waals surface area contributed by atoms with Gasteiger partial charge in [-0.25, -0.2) is 0 Å². The van der Waals surface area contributed by atoms with Gasteiger partial charge in [0.1, 0.15) is 4.99 Å². The Balaban J connectivity index is 2.21. The predicted octanol–water partition coefficient (Wildman–Crippen LogP) is 2.84. The first-order valence-electron chi connectivity index (χ1n) is 5.42. The van der Waals surface area contributed by atoms with E-state index in [2.05, 4.69) is 0 Å². The van der Waals surface area contributed by atoms with E-state index >= 15 is 0 Å². The Morgan fingerprint density at radius 1 is 1.26 bits per heavy atom. The summed E-state index contributed by atoms with van der Waals surface area (Å²) in [4.78, 5) is 13.9. The molecule has 2 aromatic rings. The van der Waals surface area contributed by atoms with Crippen molar-refractivity contribution >= 4 is 40.4 Å². The number of furan rings is 1. The van der Waals surface area contributed by atoms with Gasteiger partial charge in [0.2, 0.25) is 0 Å². The number of carbonyl (C=O) groups is 1. The molecule has 0 bridgehead atoms. The molecule has 0 aliphatic heterocycles. The SMILES string of the molecule is CN(C(=O)c1ccc(Cl)o1)c1ccc(C(N)=S)cc1. The van der Waals surface area contributed by atoms with Crippen molar-refractivity contribution in [3.8, 4) is 0 Å². The molecule has 0 saturated carbocycles. The number of amides is 1. The van der Waals surface area contributed by atoms with E-state index in [9.17, 15) is 4.79 Å². The molecule has 0 unspecified atom stereocenters. The summed E-state index contributed by atoms with van der Waals surface area (Å²) in [5.41, 5.74) is 6.97. The molecule has 0 spiro atoms. The summed E-state index contributed by atoms with van der Waals surface area (Å²) in [6.07, 6.45) is 0. The molecule has 0 atom stereocenters.